The maximum Gasteiger partial charge on any atom is 0.0718 e. The Bertz CT molecular complexity index is 565. The Morgan fingerprint density at radius 3 is 2.89 bits per heavy atom. The van der Waals surface area contributed by atoms with Crippen molar-refractivity contribution in [3.8, 4) is 0 Å². The van der Waals surface area contributed by atoms with E-state index in [1.54, 1.807) is 0 Å². The lowest BCUT2D eigenvalue weighted by atomic mass is 10.0. The third-order valence-electron chi connectivity index (χ3n) is 3.57. The minimum atomic E-state index is -0.622. The molecule has 0 saturated heterocycles. The summed E-state index contributed by atoms with van der Waals surface area (Å²) >= 11 is 0. The molecular weight excluding hydrogens is 224 g/mol. The van der Waals surface area contributed by atoms with Crippen molar-refractivity contribution in [1.29, 1.82) is 0 Å². The number of aromatic amines is 1. The molecule has 2 N–H and O–H groups in total. The summed E-state index contributed by atoms with van der Waals surface area (Å²) < 4.78 is 0. The highest BCUT2D eigenvalue weighted by molar-refractivity contribution is 5.84. The Kier molecular flexibility index (Phi) is 2.68. The molecule has 2 heterocycles. The van der Waals surface area contributed by atoms with Crippen LogP contribution in [-0.4, -0.2) is 33.7 Å². The molecule has 18 heavy (non-hydrogen) atoms. The fraction of sp³-hybridized carbons (Fsp3) is 0.467. The quantitative estimate of drug-likeness (QED) is 0.851. The Balaban J connectivity index is 1.89. The number of hydrogen-bond donors (Lipinski definition) is 2. The molecule has 0 amide bonds. The van der Waals surface area contributed by atoms with E-state index in [2.05, 4.69) is 34.1 Å². The first-order chi connectivity index (χ1) is 8.53. The molecule has 0 unspecified atom stereocenters. The zero-order chi connectivity index (χ0) is 12.8. The second-order valence-corrected chi connectivity index (χ2v) is 5.90. The number of benzene rings is 1. The zero-order valence-corrected chi connectivity index (χ0v) is 11.0. The van der Waals surface area contributed by atoms with E-state index < -0.39 is 5.60 Å². The molecule has 1 aromatic carbocycles. The van der Waals surface area contributed by atoms with Gasteiger partial charge in [-0.25, -0.2) is 0 Å². The van der Waals surface area contributed by atoms with E-state index in [-0.39, 0.29) is 0 Å². The van der Waals surface area contributed by atoms with Gasteiger partial charge in [-0.2, -0.15) is 0 Å². The van der Waals surface area contributed by atoms with Crippen LogP contribution in [0.1, 0.15) is 25.1 Å². The van der Waals surface area contributed by atoms with Crippen molar-refractivity contribution in [3.63, 3.8) is 0 Å². The van der Waals surface area contributed by atoms with Crippen molar-refractivity contribution in [3.05, 3.63) is 35.5 Å². The smallest absolute Gasteiger partial charge is 0.0718 e. The van der Waals surface area contributed by atoms with E-state index in [1.807, 2.05) is 13.8 Å². The SMILES string of the molecule is CC(C)(O)CN1CCc2c([nH]c3ccccc23)C1. The van der Waals surface area contributed by atoms with E-state index in [9.17, 15) is 5.11 Å². The van der Waals surface area contributed by atoms with Crippen LogP contribution < -0.4 is 0 Å². The largest absolute Gasteiger partial charge is 0.389 e. The van der Waals surface area contributed by atoms with E-state index >= 15 is 0 Å². The molecule has 96 valence electrons. The molecule has 0 spiro atoms. The van der Waals surface area contributed by atoms with Crippen LogP contribution in [0.3, 0.4) is 0 Å². The van der Waals surface area contributed by atoms with Gasteiger partial charge < -0.3 is 10.1 Å². The van der Waals surface area contributed by atoms with Gasteiger partial charge >= 0.3 is 0 Å². The minimum absolute atomic E-state index is 0.622. The van der Waals surface area contributed by atoms with Gasteiger partial charge in [-0.3, -0.25) is 4.90 Å². The van der Waals surface area contributed by atoms with Gasteiger partial charge in [0.15, 0.2) is 0 Å². The van der Waals surface area contributed by atoms with Crippen LogP contribution in [0.25, 0.3) is 10.9 Å². The van der Waals surface area contributed by atoms with Crippen LogP contribution in [0.15, 0.2) is 24.3 Å². The van der Waals surface area contributed by atoms with Gasteiger partial charge in [-0.1, -0.05) is 18.2 Å². The molecular formula is C15H20N2O. The average molecular weight is 244 g/mol. The Morgan fingerprint density at radius 2 is 2.11 bits per heavy atom. The van der Waals surface area contributed by atoms with Crippen molar-refractivity contribution >= 4 is 10.9 Å². The molecule has 3 rings (SSSR count). The summed E-state index contributed by atoms with van der Waals surface area (Å²) in [6.45, 7) is 6.40. The fourth-order valence-electron chi connectivity index (χ4n) is 2.93. The Morgan fingerprint density at radius 1 is 1.33 bits per heavy atom. The zero-order valence-electron chi connectivity index (χ0n) is 11.0. The normalized spacial score (nSPS) is 17.1. The summed E-state index contributed by atoms with van der Waals surface area (Å²) in [7, 11) is 0. The van der Waals surface area contributed by atoms with Crippen LogP contribution in [0.4, 0.5) is 0 Å². The highest BCUT2D eigenvalue weighted by Crippen LogP contribution is 2.27. The number of nitrogens with zero attached hydrogens (tertiary/aromatic N) is 1. The molecule has 0 aliphatic carbocycles. The molecule has 0 fully saturated rings. The molecule has 3 heteroatoms. The summed E-state index contributed by atoms with van der Waals surface area (Å²) in [5, 5.41) is 11.3. The van der Waals surface area contributed by atoms with Gasteiger partial charge in [0.25, 0.3) is 0 Å². The summed E-state index contributed by atoms with van der Waals surface area (Å²) in [4.78, 5) is 5.83. The van der Waals surface area contributed by atoms with Gasteiger partial charge in [0, 0.05) is 36.2 Å². The molecule has 3 nitrogen and oxygen atoms in total. The van der Waals surface area contributed by atoms with Crippen LogP contribution in [0.5, 0.6) is 0 Å². The maximum absolute atomic E-state index is 9.91. The van der Waals surface area contributed by atoms with Gasteiger partial charge in [0.2, 0.25) is 0 Å². The number of aliphatic hydroxyl groups is 1. The predicted octanol–water partition coefficient (Wildman–Crippen LogP) is 2.30. The molecule has 0 saturated carbocycles. The lowest BCUT2D eigenvalue weighted by molar-refractivity contribution is 0.0315. The summed E-state index contributed by atoms with van der Waals surface area (Å²) in [5.41, 5.74) is 3.38. The number of para-hydroxylation sites is 1. The standard InChI is InChI=1S/C15H20N2O/c1-15(2,18)10-17-8-7-12-11-5-3-4-6-13(11)16-14(12)9-17/h3-6,16,18H,7-10H2,1-2H3. The second kappa shape index (κ2) is 4.11. The lowest BCUT2D eigenvalue weighted by Gasteiger charge is -2.31. The summed E-state index contributed by atoms with van der Waals surface area (Å²) in [6, 6.07) is 8.49. The van der Waals surface area contributed by atoms with Crippen LogP contribution in [0.2, 0.25) is 0 Å². The molecule has 0 radical (unpaired) electrons. The van der Waals surface area contributed by atoms with E-state index in [0.29, 0.717) is 0 Å². The van der Waals surface area contributed by atoms with Crippen molar-refractivity contribution in [2.75, 3.05) is 13.1 Å². The lowest BCUT2D eigenvalue weighted by Crippen LogP contribution is -2.41. The highest BCUT2D eigenvalue weighted by atomic mass is 16.3. The predicted molar refractivity (Wildman–Crippen MR) is 73.6 cm³/mol. The molecule has 1 aliphatic heterocycles. The minimum Gasteiger partial charge on any atom is -0.389 e. The number of fused-ring (bicyclic) bond motifs is 3. The Labute approximate surface area is 107 Å². The number of hydrogen-bond acceptors (Lipinski definition) is 2. The highest BCUT2D eigenvalue weighted by Gasteiger charge is 2.24. The summed E-state index contributed by atoms with van der Waals surface area (Å²) in [5.74, 6) is 0. The molecule has 1 aromatic heterocycles. The number of β-amino-alcohol motifs (C(OH)–C–C–N with tert-alkyl or cyclic N) is 1. The molecule has 0 atom stereocenters. The maximum atomic E-state index is 9.91. The molecule has 0 bridgehead atoms. The average Bonchev–Trinajstić information content (AvgIpc) is 2.64. The van der Waals surface area contributed by atoms with Crippen LogP contribution >= 0.6 is 0 Å². The van der Waals surface area contributed by atoms with Gasteiger partial charge in [0.05, 0.1) is 5.60 Å². The van der Waals surface area contributed by atoms with Crippen molar-refractivity contribution < 1.29 is 5.11 Å². The third-order valence-corrected chi connectivity index (χ3v) is 3.57. The number of H-pyrrole nitrogens is 1. The van der Waals surface area contributed by atoms with Crippen LogP contribution in [-0.2, 0) is 13.0 Å². The molecule has 2 aromatic rings. The first-order valence-corrected chi connectivity index (χ1v) is 6.56. The van der Waals surface area contributed by atoms with Gasteiger partial charge in [-0.15, -0.1) is 0 Å². The summed E-state index contributed by atoms with van der Waals surface area (Å²) in [6.07, 6.45) is 1.06. The number of aromatic nitrogens is 1. The number of rotatable bonds is 2. The Hall–Kier alpha value is -1.32. The first-order valence-electron chi connectivity index (χ1n) is 6.56. The third kappa shape index (κ3) is 2.16. The van der Waals surface area contributed by atoms with Crippen molar-refractivity contribution in [1.82, 2.24) is 9.88 Å². The van der Waals surface area contributed by atoms with Crippen LogP contribution in [0, 0.1) is 0 Å². The molecule has 1 aliphatic rings. The topological polar surface area (TPSA) is 39.3 Å². The van der Waals surface area contributed by atoms with E-state index in [0.717, 1.165) is 26.1 Å². The van der Waals surface area contributed by atoms with Crippen molar-refractivity contribution in [2.45, 2.75) is 32.4 Å². The van der Waals surface area contributed by atoms with E-state index in [4.69, 9.17) is 0 Å². The first kappa shape index (κ1) is 11.8. The number of nitrogens with one attached hydrogen (secondary N) is 1. The van der Waals surface area contributed by atoms with Gasteiger partial charge in [0.1, 0.15) is 0 Å². The van der Waals surface area contributed by atoms with E-state index in [1.165, 1.54) is 22.2 Å². The van der Waals surface area contributed by atoms with Gasteiger partial charge in [-0.05, 0) is 31.9 Å². The van der Waals surface area contributed by atoms with Crippen molar-refractivity contribution in [2.24, 2.45) is 0 Å². The second-order valence-electron chi connectivity index (χ2n) is 5.90. The fourth-order valence-corrected chi connectivity index (χ4v) is 2.93. The monoisotopic (exact) mass is 244 g/mol.